The van der Waals surface area contributed by atoms with Gasteiger partial charge in [0.2, 0.25) is 0 Å². The Labute approximate surface area is 107 Å². The minimum atomic E-state index is 0.874. The van der Waals surface area contributed by atoms with E-state index in [2.05, 4.69) is 17.1 Å². The quantitative estimate of drug-likeness (QED) is 0.722. The van der Waals surface area contributed by atoms with E-state index in [-0.39, 0.29) is 0 Å². The lowest BCUT2D eigenvalue weighted by atomic mass is 9.96. The van der Waals surface area contributed by atoms with Gasteiger partial charge in [0.1, 0.15) is 5.75 Å². The Balaban J connectivity index is 1.78. The van der Waals surface area contributed by atoms with Crippen LogP contribution in [0, 0.1) is 0 Å². The lowest BCUT2D eigenvalue weighted by Gasteiger charge is -2.13. The van der Waals surface area contributed by atoms with Crippen LogP contribution in [0.3, 0.4) is 0 Å². The van der Waals surface area contributed by atoms with Crippen molar-refractivity contribution in [2.24, 2.45) is 0 Å². The molecule has 0 aliphatic heterocycles. The zero-order valence-electron chi connectivity index (χ0n) is 10.4. The Morgan fingerprint density at radius 1 is 1.06 bits per heavy atom. The van der Waals surface area contributed by atoms with Crippen molar-refractivity contribution in [3.63, 3.8) is 0 Å². The van der Waals surface area contributed by atoms with Gasteiger partial charge in [-0.05, 0) is 49.5 Å². The molecule has 0 spiro atoms. The summed E-state index contributed by atoms with van der Waals surface area (Å²) in [6, 6.07) is 10.1. The van der Waals surface area contributed by atoms with Crippen LogP contribution >= 0.6 is 0 Å². The van der Waals surface area contributed by atoms with Gasteiger partial charge in [-0.15, -0.1) is 0 Å². The molecule has 1 aromatic heterocycles. The summed E-state index contributed by atoms with van der Waals surface area (Å²) in [5.74, 6) is 0.874. The monoisotopic (exact) mass is 239 g/mol. The van der Waals surface area contributed by atoms with Crippen LogP contribution in [0.25, 0.3) is 10.9 Å². The van der Waals surface area contributed by atoms with Gasteiger partial charge in [0.15, 0.2) is 0 Å². The molecule has 2 heteroatoms. The summed E-state index contributed by atoms with van der Waals surface area (Å²) in [5.41, 5.74) is 2.42. The molecule has 0 amide bonds. The van der Waals surface area contributed by atoms with E-state index in [1.807, 2.05) is 30.7 Å². The van der Waals surface area contributed by atoms with Crippen LogP contribution in [0.5, 0.6) is 5.75 Å². The second-order valence-corrected chi connectivity index (χ2v) is 4.81. The first-order chi connectivity index (χ1) is 8.92. The summed E-state index contributed by atoms with van der Waals surface area (Å²) in [7, 11) is 0. The number of hydrogen-bond acceptors (Lipinski definition) is 2. The van der Waals surface area contributed by atoms with Gasteiger partial charge in [-0.1, -0.05) is 12.5 Å². The number of benzene rings is 1. The van der Waals surface area contributed by atoms with E-state index in [1.54, 1.807) is 0 Å². The molecule has 1 saturated carbocycles. The number of fused-ring (bicyclic) bond motifs is 1. The van der Waals surface area contributed by atoms with Crippen LogP contribution in [0.1, 0.15) is 32.1 Å². The lowest BCUT2D eigenvalue weighted by Crippen LogP contribution is -1.96. The van der Waals surface area contributed by atoms with E-state index in [0.29, 0.717) is 0 Å². The second kappa shape index (κ2) is 5.21. The Hall–Kier alpha value is -1.83. The third kappa shape index (κ3) is 2.53. The number of nitrogens with zero attached hydrogens (tertiary/aromatic N) is 1. The largest absolute Gasteiger partial charge is 0.465 e. The summed E-state index contributed by atoms with van der Waals surface area (Å²) in [5, 5.41) is 1.15. The van der Waals surface area contributed by atoms with Gasteiger partial charge >= 0.3 is 0 Å². The maximum atomic E-state index is 5.75. The molecule has 1 aromatic carbocycles. The number of pyridine rings is 1. The molecule has 0 unspecified atom stereocenters. The van der Waals surface area contributed by atoms with Crippen molar-refractivity contribution in [1.29, 1.82) is 0 Å². The van der Waals surface area contributed by atoms with Gasteiger partial charge in [0.05, 0.1) is 11.8 Å². The third-order valence-corrected chi connectivity index (χ3v) is 3.43. The third-order valence-electron chi connectivity index (χ3n) is 3.43. The fraction of sp³-hybridized carbons (Fsp3) is 0.312. The number of hydrogen-bond donors (Lipinski definition) is 0. The van der Waals surface area contributed by atoms with Crippen molar-refractivity contribution < 1.29 is 4.74 Å². The van der Waals surface area contributed by atoms with E-state index >= 15 is 0 Å². The van der Waals surface area contributed by atoms with Crippen LogP contribution in [-0.4, -0.2) is 4.98 Å². The molecule has 1 fully saturated rings. The maximum absolute atomic E-state index is 5.75. The molecule has 2 aromatic rings. The molecule has 1 aliphatic carbocycles. The molecule has 0 radical (unpaired) electrons. The summed E-state index contributed by atoms with van der Waals surface area (Å²) >= 11 is 0. The smallest absolute Gasteiger partial charge is 0.128 e. The van der Waals surface area contributed by atoms with Crippen molar-refractivity contribution in [2.45, 2.75) is 32.1 Å². The summed E-state index contributed by atoms with van der Waals surface area (Å²) in [6.07, 6.45) is 10.1. The molecule has 3 rings (SSSR count). The van der Waals surface area contributed by atoms with E-state index in [9.17, 15) is 0 Å². The van der Waals surface area contributed by atoms with E-state index in [1.165, 1.54) is 37.7 Å². The molecule has 0 bridgehead atoms. The van der Waals surface area contributed by atoms with Gasteiger partial charge in [0.25, 0.3) is 0 Å². The fourth-order valence-corrected chi connectivity index (χ4v) is 2.39. The topological polar surface area (TPSA) is 22.1 Å². The van der Waals surface area contributed by atoms with Crippen LogP contribution < -0.4 is 4.74 Å². The molecule has 0 N–H and O–H groups in total. The van der Waals surface area contributed by atoms with E-state index < -0.39 is 0 Å². The average molecular weight is 239 g/mol. The molecule has 0 atom stereocenters. The van der Waals surface area contributed by atoms with Gasteiger partial charge in [-0.25, -0.2) is 0 Å². The number of aromatic nitrogens is 1. The first-order valence-electron chi connectivity index (χ1n) is 6.61. The number of ether oxygens (including phenoxy) is 1. The van der Waals surface area contributed by atoms with Crippen molar-refractivity contribution in [3.05, 3.63) is 48.4 Å². The zero-order valence-corrected chi connectivity index (χ0v) is 10.4. The first kappa shape index (κ1) is 11.3. The van der Waals surface area contributed by atoms with Gasteiger partial charge < -0.3 is 4.74 Å². The van der Waals surface area contributed by atoms with Crippen molar-refractivity contribution >= 4 is 10.9 Å². The van der Waals surface area contributed by atoms with Crippen LogP contribution in [0.4, 0.5) is 0 Å². The van der Waals surface area contributed by atoms with Gasteiger partial charge in [-0.3, -0.25) is 4.98 Å². The van der Waals surface area contributed by atoms with Crippen molar-refractivity contribution in [3.8, 4) is 5.75 Å². The van der Waals surface area contributed by atoms with Crippen molar-refractivity contribution in [2.75, 3.05) is 0 Å². The fourth-order valence-electron chi connectivity index (χ4n) is 2.39. The normalized spacial score (nSPS) is 15.7. The number of rotatable bonds is 2. The lowest BCUT2D eigenvalue weighted by molar-refractivity contribution is 0.460. The molecule has 2 nitrogen and oxygen atoms in total. The van der Waals surface area contributed by atoms with Gasteiger partial charge in [0, 0.05) is 17.6 Å². The Kier molecular flexibility index (Phi) is 3.26. The molecule has 18 heavy (non-hydrogen) atoms. The van der Waals surface area contributed by atoms with E-state index in [0.717, 1.165) is 16.7 Å². The van der Waals surface area contributed by atoms with Crippen LogP contribution in [0.15, 0.2) is 48.4 Å². The number of allylic oxidation sites excluding steroid dienone is 1. The zero-order chi connectivity index (χ0) is 12.2. The van der Waals surface area contributed by atoms with E-state index in [4.69, 9.17) is 4.74 Å². The molecule has 1 aliphatic rings. The molecular formula is C16H17NO. The maximum Gasteiger partial charge on any atom is 0.128 e. The van der Waals surface area contributed by atoms with Crippen LogP contribution in [0.2, 0.25) is 0 Å². The summed E-state index contributed by atoms with van der Waals surface area (Å²) < 4.78 is 5.75. The average Bonchev–Trinajstić information content (AvgIpc) is 2.46. The summed E-state index contributed by atoms with van der Waals surface area (Å²) in [4.78, 5) is 4.34. The molecule has 1 heterocycles. The Morgan fingerprint density at radius 3 is 2.83 bits per heavy atom. The van der Waals surface area contributed by atoms with Crippen molar-refractivity contribution in [1.82, 2.24) is 4.98 Å². The highest BCUT2D eigenvalue weighted by atomic mass is 16.5. The highest BCUT2D eigenvalue weighted by molar-refractivity contribution is 5.79. The molecular weight excluding hydrogens is 222 g/mol. The summed E-state index contributed by atoms with van der Waals surface area (Å²) in [6.45, 7) is 0. The highest BCUT2D eigenvalue weighted by Crippen LogP contribution is 2.24. The first-order valence-corrected chi connectivity index (χ1v) is 6.61. The highest BCUT2D eigenvalue weighted by Gasteiger charge is 2.05. The minimum Gasteiger partial charge on any atom is -0.465 e. The Morgan fingerprint density at radius 2 is 1.94 bits per heavy atom. The van der Waals surface area contributed by atoms with Crippen LogP contribution in [-0.2, 0) is 0 Å². The second-order valence-electron chi connectivity index (χ2n) is 4.81. The molecule has 92 valence electrons. The SMILES string of the molecule is C(Oc1ccc2cccnc2c1)=C1CCCCC1. The predicted molar refractivity (Wildman–Crippen MR) is 73.5 cm³/mol. The van der Waals surface area contributed by atoms with Gasteiger partial charge in [-0.2, -0.15) is 0 Å². The minimum absolute atomic E-state index is 0.874. The standard InChI is InChI=1S/C16H17NO/c1-2-5-13(6-3-1)12-18-15-9-8-14-7-4-10-17-16(14)11-15/h4,7-12H,1-3,5-6H2. The molecule has 0 saturated heterocycles. The Bertz CT molecular complexity index is 566. The predicted octanol–water partition coefficient (Wildman–Crippen LogP) is 4.46.